The molecule has 0 unspecified atom stereocenters. The Morgan fingerprint density at radius 3 is 2.33 bits per heavy atom. The van der Waals surface area contributed by atoms with Gasteiger partial charge in [0.05, 0.1) is 0 Å². The first-order chi connectivity index (χ1) is 7.40. The Balaban J connectivity index is 1.92. The first-order valence-electron chi connectivity index (χ1n) is 5.63. The fraction of sp³-hybridized carbons (Fsp3) is 0.800. The summed E-state index contributed by atoms with van der Waals surface area (Å²) in [4.78, 5) is 6.04. The summed E-state index contributed by atoms with van der Waals surface area (Å²) >= 11 is 0. The smallest absolute Gasteiger partial charge is 0.224 e. The fourth-order valence-corrected chi connectivity index (χ4v) is 1.89. The third kappa shape index (κ3) is 2.60. The van der Waals surface area contributed by atoms with Crippen molar-refractivity contribution in [1.82, 2.24) is 15.3 Å². The van der Waals surface area contributed by atoms with Crippen LogP contribution in [0.25, 0.3) is 0 Å². The molecule has 5 nitrogen and oxygen atoms in total. The van der Waals surface area contributed by atoms with E-state index in [1.165, 1.54) is 25.7 Å². The van der Waals surface area contributed by atoms with Gasteiger partial charge in [0.25, 0.3) is 0 Å². The molecule has 82 valence electrons. The molecule has 0 spiro atoms. The van der Waals surface area contributed by atoms with Crippen molar-refractivity contribution in [2.24, 2.45) is 4.99 Å². The molecular formula is C10H17N5. The van der Waals surface area contributed by atoms with E-state index in [2.05, 4.69) is 20.3 Å². The van der Waals surface area contributed by atoms with Crippen LogP contribution < -0.4 is 5.43 Å². The normalized spacial score (nSPS) is 23.1. The highest BCUT2D eigenvalue weighted by atomic mass is 15.6. The molecule has 2 heterocycles. The lowest BCUT2D eigenvalue weighted by Gasteiger charge is -2.36. The van der Waals surface area contributed by atoms with Crippen LogP contribution in [-0.2, 0) is 0 Å². The minimum Gasteiger partial charge on any atom is -0.341 e. The molecule has 0 bridgehead atoms. The molecule has 2 fully saturated rings. The summed E-state index contributed by atoms with van der Waals surface area (Å²) < 4.78 is 0. The number of likely N-dealkylation sites (tertiary alicyclic amines) is 1. The van der Waals surface area contributed by atoms with E-state index in [0.29, 0.717) is 0 Å². The summed E-state index contributed by atoms with van der Waals surface area (Å²) in [5, 5.41) is 10.8. The second kappa shape index (κ2) is 4.99. The number of piperidine rings is 1. The number of hydrogen-bond donors (Lipinski definition) is 1. The minimum absolute atomic E-state index is 0.733. The van der Waals surface area contributed by atoms with Gasteiger partial charge in [-0.25, -0.2) is 5.01 Å². The molecule has 1 N–H and O–H groups in total. The van der Waals surface area contributed by atoms with Gasteiger partial charge in [0, 0.05) is 26.2 Å². The van der Waals surface area contributed by atoms with Crippen molar-refractivity contribution in [3.63, 3.8) is 0 Å². The average molecular weight is 207 g/mol. The van der Waals surface area contributed by atoms with Crippen molar-refractivity contribution in [1.29, 1.82) is 5.26 Å². The number of nitriles is 1. The molecule has 0 atom stereocenters. The average Bonchev–Trinajstić information content (AvgIpc) is 2.23. The van der Waals surface area contributed by atoms with Crippen LogP contribution in [-0.4, -0.2) is 42.0 Å². The number of nitrogens with one attached hydrogen (secondary N) is 1. The van der Waals surface area contributed by atoms with Gasteiger partial charge in [-0.3, -0.25) is 5.43 Å². The summed E-state index contributed by atoms with van der Waals surface area (Å²) in [6, 6.07) is 0. The van der Waals surface area contributed by atoms with Crippen molar-refractivity contribution < 1.29 is 0 Å². The highest BCUT2D eigenvalue weighted by molar-refractivity contribution is 5.80. The Morgan fingerprint density at radius 2 is 1.80 bits per heavy atom. The maximum Gasteiger partial charge on any atom is 0.224 e. The number of hydrazine groups is 1. The molecule has 0 aromatic heterocycles. The van der Waals surface area contributed by atoms with E-state index >= 15 is 0 Å². The molecule has 0 saturated carbocycles. The van der Waals surface area contributed by atoms with Crippen molar-refractivity contribution in [2.45, 2.75) is 25.7 Å². The van der Waals surface area contributed by atoms with Gasteiger partial charge in [-0.1, -0.05) is 0 Å². The van der Waals surface area contributed by atoms with E-state index in [9.17, 15) is 0 Å². The number of nitrogens with zero attached hydrogens (tertiary/aromatic N) is 4. The van der Waals surface area contributed by atoms with E-state index in [1.54, 1.807) is 0 Å². The zero-order chi connectivity index (χ0) is 10.5. The molecule has 0 aliphatic carbocycles. The van der Waals surface area contributed by atoms with Crippen LogP contribution in [0.3, 0.4) is 0 Å². The Kier molecular flexibility index (Phi) is 3.41. The molecule has 15 heavy (non-hydrogen) atoms. The van der Waals surface area contributed by atoms with Gasteiger partial charge < -0.3 is 4.90 Å². The molecule has 2 aliphatic heterocycles. The molecule has 0 aromatic rings. The maximum atomic E-state index is 8.65. The summed E-state index contributed by atoms with van der Waals surface area (Å²) in [5.41, 5.74) is 3.21. The molecule has 0 aromatic carbocycles. The van der Waals surface area contributed by atoms with Crippen molar-refractivity contribution in [3.8, 4) is 6.19 Å². The van der Waals surface area contributed by atoms with Gasteiger partial charge in [-0.2, -0.15) is 5.26 Å². The van der Waals surface area contributed by atoms with Gasteiger partial charge in [0.15, 0.2) is 0 Å². The van der Waals surface area contributed by atoms with Gasteiger partial charge in [-0.05, 0) is 25.7 Å². The van der Waals surface area contributed by atoms with Crippen molar-refractivity contribution >= 4 is 5.96 Å². The number of rotatable bonds is 1. The monoisotopic (exact) mass is 207 g/mol. The first-order valence-corrected chi connectivity index (χ1v) is 5.63. The molecule has 5 heteroatoms. The number of guanidine groups is 1. The standard InChI is InChI=1S/C10H17N5/c11-9-12-10(13-15-7-4-8-15)14-5-2-1-3-6-14/h1-8H2,(H,12,13). The van der Waals surface area contributed by atoms with E-state index in [-0.39, 0.29) is 0 Å². The van der Waals surface area contributed by atoms with Gasteiger partial charge in [0.1, 0.15) is 0 Å². The highest BCUT2D eigenvalue weighted by Gasteiger charge is 2.20. The van der Waals surface area contributed by atoms with Crippen LogP contribution in [0.2, 0.25) is 0 Å². The Labute approximate surface area is 90.3 Å². The molecule has 2 rings (SSSR count). The van der Waals surface area contributed by atoms with Crippen LogP contribution in [0.5, 0.6) is 0 Å². The van der Waals surface area contributed by atoms with E-state index in [1.807, 2.05) is 6.19 Å². The van der Waals surface area contributed by atoms with Crippen LogP contribution in [0.15, 0.2) is 4.99 Å². The zero-order valence-electron chi connectivity index (χ0n) is 8.95. The highest BCUT2D eigenvalue weighted by Crippen LogP contribution is 2.10. The Hall–Kier alpha value is -1.28. The lowest BCUT2D eigenvalue weighted by Crippen LogP contribution is -2.55. The van der Waals surface area contributed by atoms with Crippen LogP contribution in [0, 0.1) is 11.5 Å². The minimum atomic E-state index is 0.733. The Bertz CT molecular complexity index is 270. The van der Waals surface area contributed by atoms with Crippen molar-refractivity contribution in [2.75, 3.05) is 26.2 Å². The van der Waals surface area contributed by atoms with E-state index < -0.39 is 0 Å². The predicted molar refractivity (Wildman–Crippen MR) is 57.8 cm³/mol. The molecule has 2 aliphatic rings. The van der Waals surface area contributed by atoms with Crippen LogP contribution >= 0.6 is 0 Å². The Morgan fingerprint density at radius 1 is 1.07 bits per heavy atom. The van der Waals surface area contributed by atoms with E-state index in [0.717, 1.165) is 32.1 Å². The van der Waals surface area contributed by atoms with Gasteiger partial charge in [0.2, 0.25) is 12.2 Å². The molecule has 0 amide bonds. The lowest BCUT2D eigenvalue weighted by atomic mass is 10.1. The molecule has 0 radical (unpaired) electrons. The summed E-state index contributed by atoms with van der Waals surface area (Å²) in [6.45, 7) is 4.14. The third-order valence-electron chi connectivity index (χ3n) is 2.93. The third-order valence-corrected chi connectivity index (χ3v) is 2.93. The summed E-state index contributed by atoms with van der Waals surface area (Å²) in [5.74, 6) is 0.733. The molecular weight excluding hydrogens is 190 g/mol. The number of aliphatic imine (C=N–C) groups is 1. The lowest BCUT2D eigenvalue weighted by molar-refractivity contribution is 0.134. The predicted octanol–water partition coefficient (Wildman–Crippen LogP) is 0.520. The largest absolute Gasteiger partial charge is 0.341 e. The topological polar surface area (TPSA) is 54.7 Å². The van der Waals surface area contributed by atoms with Gasteiger partial charge in [-0.15, -0.1) is 4.99 Å². The zero-order valence-corrected chi connectivity index (χ0v) is 8.95. The second-order valence-electron chi connectivity index (χ2n) is 4.04. The van der Waals surface area contributed by atoms with Crippen molar-refractivity contribution in [3.05, 3.63) is 0 Å². The fourth-order valence-electron chi connectivity index (χ4n) is 1.89. The quantitative estimate of drug-likeness (QED) is 0.387. The van der Waals surface area contributed by atoms with E-state index in [4.69, 9.17) is 5.26 Å². The summed E-state index contributed by atoms with van der Waals surface area (Å²) in [6.07, 6.45) is 6.80. The number of hydrogen-bond acceptors (Lipinski definition) is 3. The van der Waals surface area contributed by atoms with Gasteiger partial charge >= 0.3 is 0 Å². The molecule has 2 saturated heterocycles. The second-order valence-corrected chi connectivity index (χ2v) is 4.04. The summed E-state index contributed by atoms with van der Waals surface area (Å²) in [7, 11) is 0. The van der Waals surface area contributed by atoms with Crippen LogP contribution in [0.1, 0.15) is 25.7 Å². The first kappa shape index (κ1) is 10.2. The SMILES string of the molecule is N#CN=C(NN1CCC1)N1CCCCC1. The van der Waals surface area contributed by atoms with Crippen LogP contribution in [0.4, 0.5) is 0 Å². The maximum absolute atomic E-state index is 8.65.